The average molecular weight is 241 g/mol. The summed E-state index contributed by atoms with van der Waals surface area (Å²) >= 11 is 0. The fourth-order valence-corrected chi connectivity index (χ4v) is 1.20. The van der Waals surface area contributed by atoms with E-state index in [4.69, 9.17) is 5.73 Å². The lowest BCUT2D eigenvalue weighted by molar-refractivity contribution is -0.123. The number of hydrogen-bond acceptors (Lipinski definition) is 3. The fourth-order valence-electron chi connectivity index (χ4n) is 1.20. The van der Waals surface area contributed by atoms with E-state index in [1.54, 1.807) is 6.08 Å². The highest BCUT2D eigenvalue weighted by atomic mass is 16.2. The van der Waals surface area contributed by atoms with Gasteiger partial charge < -0.3 is 16.4 Å². The minimum absolute atomic E-state index is 0.0879. The third-order valence-electron chi connectivity index (χ3n) is 1.92. The maximum atomic E-state index is 11.4. The number of rotatable bonds is 6. The summed E-state index contributed by atoms with van der Waals surface area (Å²) in [6.07, 6.45) is 2.28. The van der Waals surface area contributed by atoms with Crippen LogP contribution in [0.5, 0.6) is 0 Å². The number of nitrogens with two attached hydrogens (primary N) is 1. The second-order valence-corrected chi connectivity index (χ2v) is 4.97. The third-order valence-corrected chi connectivity index (χ3v) is 1.92. The molecule has 0 aliphatic heterocycles. The van der Waals surface area contributed by atoms with Gasteiger partial charge in [-0.1, -0.05) is 6.08 Å². The van der Waals surface area contributed by atoms with Crippen molar-refractivity contribution in [3.05, 3.63) is 12.7 Å². The van der Waals surface area contributed by atoms with Crippen molar-refractivity contribution in [2.24, 2.45) is 5.73 Å². The summed E-state index contributed by atoms with van der Waals surface area (Å²) in [5, 5.41) is 5.42. The van der Waals surface area contributed by atoms with E-state index < -0.39 is 6.04 Å². The lowest BCUT2D eigenvalue weighted by Gasteiger charge is -2.20. The highest BCUT2D eigenvalue weighted by Crippen LogP contribution is 1.98. The molecule has 1 unspecified atom stereocenters. The van der Waals surface area contributed by atoms with Gasteiger partial charge >= 0.3 is 0 Å². The highest BCUT2D eigenvalue weighted by Gasteiger charge is 2.14. The first-order valence-corrected chi connectivity index (χ1v) is 5.71. The van der Waals surface area contributed by atoms with Gasteiger partial charge in [-0.15, -0.1) is 6.58 Å². The minimum atomic E-state index is -0.585. The van der Waals surface area contributed by atoms with E-state index in [0.717, 1.165) is 0 Å². The molecule has 0 fully saturated rings. The molecule has 0 aromatic rings. The molecule has 0 bridgehead atoms. The van der Waals surface area contributed by atoms with Crippen LogP contribution >= 0.6 is 0 Å². The first-order chi connectivity index (χ1) is 7.76. The van der Waals surface area contributed by atoms with Gasteiger partial charge in [0.1, 0.15) is 0 Å². The molecule has 0 aromatic carbocycles. The van der Waals surface area contributed by atoms with Crippen LogP contribution < -0.4 is 16.4 Å². The van der Waals surface area contributed by atoms with Crippen LogP contribution in [-0.4, -0.2) is 29.9 Å². The van der Waals surface area contributed by atoms with Crippen molar-refractivity contribution in [1.29, 1.82) is 0 Å². The third kappa shape index (κ3) is 8.45. The summed E-state index contributed by atoms with van der Waals surface area (Å²) in [5.41, 5.74) is 5.31. The lowest BCUT2D eigenvalue weighted by Crippen LogP contribution is -2.44. The molecule has 0 spiro atoms. The van der Waals surface area contributed by atoms with Crippen molar-refractivity contribution in [2.45, 2.75) is 45.2 Å². The zero-order chi connectivity index (χ0) is 13.5. The van der Waals surface area contributed by atoms with Gasteiger partial charge in [-0.3, -0.25) is 9.59 Å². The van der Waals surface area contributed by atoms with Crippen LogP contribution in [0.15, 0.2) is 12.7 Å². The van der Waals surface area contributed by atoms with E-state index in [-0.39, 0.29) is 23.8 Å². The normalized spacial score (nSPS) is 12.7. The monoisotopic (exact) mass is 241 g/mol. The maximum absolute atomic E-state index is 11.4. The Balaban J connectivity index is 3.80. The molecule has 0 heterocycles. The topological polar surface area (TPSA) is 84.2 Å². The maximum Gasteiger partial charge on any atom is 0.237 e. The Bertz CT molecular complexity index is 282. The van der Waals surface area contributed by atoms with Gasteiger partial charge in [0.25, 0.3) is 0 Å². The minimum Gasteiger partial charge on any atom is -0.354 e. The van der Waals surface area contributed by atoms with Crippen LogP contribution in [0.4, 0.5) is 0 Å². The van der Waals surface area contributed by atoms with E-state index >= 15 is 0 Å². The van der Waals surface area contributed by atoms with Crippen molar-refractivity contribution in [3.63, 3.8) is 0 Å². The number of carbonyl (C=O) groups excluding carboxylic acids is 2. The molecule has 98 valence electrons. The predicted molar refractivity (Wildman–Crippen MR) is 68.3 cm³/mol. The standard InChI is InChI=1S/C12H23N3O2/c1-5-6-9(13)11(17)14-8-7-10(16)15-12(2,3)4/h5,9H,1,6-8,13H2,2-4H3,(H,14,17)(H,15,16). The number of amides is 2. The van der Waals surface area contributed by atoms with Crippen molar-refractivity contribution < 1.29 is 9.59 Å². The van der Waals surface area contributed by atoms with Crippen LogP contribution in [0.1, 0.15) is 33.6 Å². The van der Waals surface area contributed by atoms with Gasteiger partial charge in [0, 0.05) is 18.5 Å². The molecule has 0 aliphatic rings. The Morgan fingerprint density at radius 3 is 2.47 bits per heavy atom. The molecular formula is C12H23N3O2. The van der Waals surface area contributed by atoms with Crippen molar-refractivity contribution in [3.8, 4) is 0 Å². The van der Waals surface area contributed by atoms with E-state index in [2.05, 4.69) is 17.2 Å². The Labute approximate surface area is 103 Å². The van der Waals surface area contributed by atoms with Crippen LogP contribution in [0, 0.1) is 0 Å². The van der Waals surface area contributed by atoms with Gasteiger partial charge in [0.2, 0.25) is 11.8 Å². The van der Waals surface area contributed by atoms with Crippen LogP contribution in [0.25, 0.3) is 0 Å². The van der Waals surface area contributed by atoms with Gasteiger partial charge in [-0.05, 0) is 27.2 Å². The summed E-state index contributed by atoms with van der Waals surface area (Å²) in [6, 6.07) is -0.585. The Morgan fingerprint density at radius 1 is 1.41 bits per heavy atom. The molecule has 0 radical (unpaired) electrons. The van der Waals surface area contributed by atoms with Gasteiger partial charge in [-0.25, -0.2) is 0 Å². The summed E-state index contributed by atoms with van der Waals surface area (Å²) in [6.45, 7) is 9.52. The van der Waals surface area contributed by atoms with Crippen LogP contribution in [0.2, 0.25) is 0 Å². The number of hydrogen-bond donors (Lipinski definition) is 3. The second kappa shape index (κ2) is 7.06. The smallest absolute Gasteiger partial charge is 0.237 e. The molecule has 0 rings (SSSR count). The molecule has 0 saturated carbocycles. The SMILES string of the molecule is C=CCC(N)C(=O)NCCC(=O)NC(C)(C)C. The second-order valence-electron chi connectivity index (χ2n) is 4.97. The van der Waals surface area contributed by atoms with Crippen molar-refractivity contribution >= 4 is 11.8 Å². The molecular weight excluding hydrogens is 218 g/mol. The molecule has 2 amide bonds. The molecule has 17 heavy (non-hydrogen) atoms. The van der Waals surface area contributed by atoms with Crippen LogP contribution in [-0.2, 0) is 9.59 Å². The average Bonchev–Trinajstić information content (AvgIpc) is 2.14. The summed E-state index contributed by atoms with van der Waals surface area (Å²) in [4.78, 5) is 22.8. The highest BCUT2D eigenvalue weighted by molar-refractivity contribution is 5.82. The Kier molecular flexibility index (Phi) is 6.50. The van der Waals surface area contributed by atoms with Gasteiger partial charge in [-0.2, -0.15) is 0 Å². The number of carbonyl (C=O) groups is 2. The van der Waals surface area contributed by atoms with E-state index in [9.17, 15) is 9.59 Å². The summed E-state index contributed by atoms with van der Waals surface area (Å²) in [5.74, 6) is -0.344. The van der Waals surface area contributed by atoms with Crippen molar-refractivity contribution in [2.75, 3.05) is 6.54 Å². The summed E-state index contributed by atoms with van der Waals surface area (Å²) in [7, 11) is 0. The summed E-state index contributed by atoms with van der Waals surface area (Å²) < 4.78 is 0. The zero-order valence-corrected chi connectivity index (χ0v) is 10.9. The van der Waals surface area contributed by atoms with Crippen LogP contribution in [0.3, 0.4) is 0 Å². The molecule has 5 heteroatoms. The zero-order valence-electron chi connectivity index (χ0n) is 10.9. The fraction of sp³-hybridized carbons (Fsp3) is 0.667. The van der Waals surface area contributed by atoms with Gasteiger partial charge in [0.15, 0.2) is 0 Å². The molecule has 5 nitrogen and oxygen atoms in total. The molecule has 0 aromatic heterocycles. The molecule has 0 aliphatic carbocycles. The predicted octanol–water partition coefficient (Wildman–Crippen LogP) is 0.311. The molecule has 1 atom stereocenters. The Hall–Kier alpha value is -1.36. The van der Waals surface area contributed by atoms with E-state index in [0.29, 0.717) is 13.0 Å². The first-order valence-electron chi connectivity index (χ1n) is 5.71. The number of nitrogens with one attached hydrogen (secondary N) is 2. The van der Waals surface area contributed by atoms with E-state index in [1.165, 1.54) is 0 Å². The van der Waals surface area contributed by atoms with Crippen molar-refractivity contribution in [1.82, 2.24) is 10.6 Å². The van der Waals surface area contributed by atoms with E-state index in [1.807, 2.05) is 20.8 Å². The lowest BCUT2D eigenvalue weighted by atomic mass is 10.1. The quantitative estimate of drug-likeness (QED) is 0.585. The largest absolute Gasteiger partial charge is 0.354 e. The molecule has 0 saturated heterocycles. The van der Waals surface area contributed by atoms with Gasteiger partial charge in [0.05, 0.1) is 6.04 Å². The first kappa shape index (κ1) is 15.6. The molecule has 4 N–H and O–H groups in total. The Morgan fingerprint density at radius 2 is 2.00 bits per heavy atom.